The van der Waals surface area contributed by atoms with Gasteiger partial charge in [0.2, 0.25) is 10.0 Å². The van der Waals surface area contributed by atoms with Gasteiger partial charge in [0.25, 0.3) is 0 Å². The molecule has 0 radical (unpaired) electrons. The lowest BCUT2D eigenvalue weighted by atomic mass is 10.2. The highest BCUT2D eigenvalue weighted by Crippen LogP contribution is 2.12. The van der Waals surface area contributed by atoms with Gasteiger partial charge in [-0.2, -0.15) is 4.72 Å². The quantitative estimate of drug-likeness (QED) is 0.795. The summed E-state index contributed by atoms with van der Waals surface area (Å²) in [6.45, 7) is 1.95. The molecule has 3 aromatic rings. The Balaban J connectivity index is 1.82. The van der Waals surface area contributed by atoms with Crippen LogP contribution in [-0.2, 0) is 16.7 Å². The Morgan fingerprint density at radius 1 is 1.10 bits per heavy atom. The molecule has 0 spiro atoms. The van der Waals surface area contributed by atoms with Crippen molar-refractivity contribution < 1.29 is 8.42 Å². The molecule has 1 heterocycles. The van der Waals surface area contributed by atoms with Gasteiger partial charge in [-0.1, -0.05) is 35.0 Å². The molecule has 0 aliphatic carbocycles. The van der Waals surface area contributed by atoms with E-state index in [1.54, 1.807) is 24.3 Å². The second kappa shape index (κ2) is 5.27. The molecule has 0 atom stereocenters. The maximum atomic E-state index is 12.2. The second-order valence-corrected chi connectivity index (χ2v) is 6.46. The minimum Gasteiger partial charge on any atom is -0.230 e. The third kappa shape index (κ3) is 2.79. The Bertz CT molecular complexity index is 869. The first-order chi connectivity index (χ1) is 10.1. The Hall–Kier alpha value is -2.25. The van der Waals surface area contributed by atoms with Gasteiger partial charge in [-0.05, 0) is 31.2 Å². The van der Waals surface area contributed by atoms with Crippen LogP contribution in [0.15, 0.2) is 53.4 Å². The molecule has 7 heteroatoms. The van der Waals surface area contributed by atoms with Crippen molar-refractivity contribution in [2.24, 2.45) is 0 Å². The molecular weight excluding hydrogens is 288 g/mol. The number of nitrogens with one attached hydrogen (secondary N) is 1. The molecule has 0 fully saturated rings. The monoisotopic (exact) mass is 302 g/mol. The number of nitrogens with zero attached hydrogens (tertiary/aromatic N) is 3. The number of aryl methyl sites for hydroxylation is 1. The van der Waals surface area contributed by atoms with Gasteiger partial charge in [0.05, 0.1) is 10.4 Å². The van der Waals surface area contributed by atoms with Crippen molar-refractivity contribution in [2.75, 3.05) is 0 Å². The van der Waals surface area contributed by atoms with Gasteiger partial charge < -0.3 is 0 Å². The fraction of sp³-hybridized carbons (Fsp3) is 0.143. The van der Waals surface area contributed by atoms with E-state index in [9.17, 15) is 8.42 Å². The molecule has 0 bridgehead atoms. The Morgan fingerprint density at radius 3 is 2.57 bits per heavy atom. The highest BCUT2D eigenvalue weighted by Gasteiger charge is 2.14. The number of para-hydroxylation sites is 1. The lowest BCUT2D eigenvalue weighted by Gasteiger charge is -2.07. The summed E-state index contributed by atoms with van der Waals surface area (Å²) < 4.78 is 28.4. The van der Waals surface area contributed by atoms with Gasteiger partial charge in [-0.25, -0.2) is 13.1 Å². The topological polar surface area (TPSA) is 76.9 Å². The Morgan fingerprint density at radius 2 is 1.81 bits per heavy atom. The molecule has 1 aromatic heterocycles. The van der Waals surface area contributed by atoms with Crippen LogP contribution in [-0.4, -0.2) is 23.4 Å². The minimum atomic E-state index is -3.56. The lowest BCUT2D eigenvalue weighted by Crippen LogP contribution is -2.27. The zero-order valence-electron chi connectivity index (χ0n) is 11.4. The lowest BCUT2D eigenvalue weighted by molar-refractivity contribution is 0.542. The summed E-state index contributed by atoms with van der Waals surface area (Å²) in [6.07, 6.45) is 0. The van der Waals surface area contributed by atoms with Gasteiger partial charge in [-0.3, -0.25) is 0 Å². The van der Waals surface area contributed by atoms with Gasteiger partial charge in [0.1, 0.15) is 12.2 Å². The van der Waals surface area contributed by atoms with E-state index in [0.717, 1.165) is 16.6 Å². The second-order valence-electron chi connectivity index (χ2n) is 4.70. The van der Waals surface area contributed by atoms with Crippen molar-refractivity contribution in [3.8, 4) is 0 Å². The summed E-state index contributed by atoms with van der Waals surface area (Å²) in [5.41, 5.74) is 2.52. The average Bonchev–Trinajstić information content (AvgIpc) is 2.89. The van der Waals surface area contributed by atoms with Crippen LogP contribution >= 0.6 is 0 Å². The maximum absolute atomic E-state index is 12.2. The van der Waals surface area contributed by atoms with Gasteiger partial charge in [0, 0.05) is 0 Å². The number of hydrogen-bond acceptors (Lipinski definition) is 4. The molecule has 1 N–H and O–H groups in total. The maximum Gasteiger partial charge on any atom is 0.242 e. The van der Waals surface area contributed by atoms with Gasteiger partial charge >= 0.3 is 0 Å². The van der Waals surface area contributed by atoms with Crippen LogP contribution in [0.3, 0.4) is 0 Å². The van der Waals surface area contributed by atoms with Crippen molar-refractivity contribution >= 4 is 21.1 Å². The van der Waals surface area contributed by atoms with E-state index < -0.39 is 10.0 Å². The first-order valence-electron chi connectivity index (χ1n) is 6.41. The molecule has 0 aliphatic heterocycles. The summed E-state index contributed by atoms with van der Waals surface area (Å²) in [5, 5.41) is 7.93. The highest BCUT2D eigenvalue weighted by molar-refractivity contribution is 7.89. The number of aromatic nitrogens is 3. The molecule has 108 valence electrons. The fourth-order valence-corrected chi connectivity index (χ4v) is 2.93. The highest BCUT2D eigenvalue weighted by atomic mass is 32.2. The van der Waals surface area contributed by atoms with E-state index in [1.165, 1.54) is 4.68 Å². The average molecular weight is 302 g/mol. The van der Waals surface area contributed by atoms with Crippen LogP contribution in [0.2, 0.25) is 0 Å². The molecule has 0 amide bonds. The van der Waals surface area contributed by atoms with E-state index in [2.05, 4.69) is 15.0 Å². The van der Waals surface area contributed by atoms with Crippen LogP contribution in [0.5, 0.6) is 0 Å². The molecule has 0 unspecified atom stereocenters. The summed E-state index contributed by atoms with van der Waals surface area (Å²) in [6, 6.07) is 14.1. The normalized spacial score (nSPS) is 11.9. The van der Waals surface area contributed by atoms with Crippen molar-refractivity contribution in [2.45, 2.75) is 18.5 Å². The molecule has 3 rings (SSSR count). The van der Waals surface area contributed by atoms with Crippen molar-refractivity contribution in [1.82, 2.24) is 19.7 Å². The fourth-order valence-electron chi connectivity index (χ4n) is 1.98. The molecular formula is C14H14N4O2S. The van der Waals surface area contributed by atoms with Crippen molar-refractivity contribution in [1.29, 1.82) is 0 Å². The zero-order chi connectivity index (χ0) is 14.9. The SMILES string of the molecule is Cc1ccc(S(=O)(=O)NCn2nnc3ccccc32)cc1. The Kier molecular flexibility index (Phi) is 3.44. The van der Waals surface area contributed by atoms with E-state index >= 15 is 0 Å². The smallest absolute Gasteiger partial charge is 0.230 e. The summed E-state index contributed by atoms with van der Waals surface area (Å²) in [7, 11) is -3.56. The number of hydrogen-bond donors (Lipinski definition) is 1. The van der Waals surface area contributed by atoms with Crippen LogP contribution in [0.4, 0.5) is 0 Å². The summed E-state index contributed by atoms with van der Waals surface area (Å²) >= 11 is 0. The predicted molar refractivity (Wildman–Crippen MR) is 79.0 cm³/mol. The molecule has 0 aliphatic rings. The van der Waals surface area contributed by atoms with Crippen molar-refractivity contribution in [3.05, 3.63) is 54.1 Å². The van der Waals surface area contributed by atoms with Crippen molar-refractivity contribution in [3.63, 3.8) is 0 Å². The zero-order valence-corrected chi connectivity index (χ0v) is 12.2. The third-order valence-corrected chi connectivity index (χ3v) is 4.56. The summed E-state index contributed by atoms with van der Waals surface area (Å²) in [5.74, 6) is 0. The Labute approximate surface area is 122 Å². The molecule has 2 aromatic carbocycles. The predicted octanol–water partition coefficient (Wildman–Crippen LogP) is 1.68. The molecule has 0 saturated heterocycles. The largest absolute Gasteiger partial charge is 0.242 e. The van der Waals surface area contributed by atoms with Crippen LogP contribution in [0, 0.1) is 6.92 Å². The standard InChI is InChI=1S/C14H14N4O2S/c1-11-6-8-12(9-7-11)21(19,20)15-10-18-14-5-3-2-4-13(14)16-17-18/h2-9,15H,10H2,1H3. The van der Waals surface area contributed by atoms with Crippen LogP contribution in [0.25, 0.3) is 11.0 Å². The van der Waals surface area contributed by atoms with E-state index in [0.29, 0.717) is 0 Å². The van der Waals surface area contributed by atoms with Gasteiger partial charge in [-0.15, -0.1) is 5.10 Å². The number of benzene rings is 2. The summed E-state index contributed by atoms with van der Waals surface area (Å²) in [4.78, 5) is 0.234. The van der Waals surface area contributed by atoms with Gasteiger partial charge in [0.15, 0.2) is 0 Å². The van der Waals surface area contributed by atoms with Crippen LogP contribution < -0.4 is 4.72 Å². The van der Waals surface area contributed by atoms with E-state index in [1.807, 2.05) is 31.2 Å². The first kappa shape index (κ1) is 13.7. The molecule has 6 nitrogen and oxygen atoms in total. The molecule has 0 saturated carbocycles. The molecule has 21 heavy (non-hydrogen) atoms. The number of sulfonamides is 1. The number of rotatable bonds is 4. The van der Waals surface area contributed by atoms with E-state index in [4.69, 9.17) is 0 Å². The minimum absolute atomic E-state index is 0.0384. The number of fused-ring (bicyclic) bond motifs is 1. The first-order valence-corrected chi connectivity index (χ1v) is 7.89. The van der Waals surface area contributed by atoms with E-state index in [-0.39, 0.29) is 11.6 Å². The van der Waals surface area contributed by atoms with Crippen LogP contribution in [0.1, 0.15) is 5.56 Å². The third-order valence-electron chi connectivity index (χ3n) is 3.16.